The van der Waals surface area contributed by atoms with Crippen LogP contribution < -0.4 is 0 Å². The summed E-state index contributed by atoms with van der Waals surface area (Å²) in [7, 11) is 12.0. The van der Waals surface area contributed by atoms with Crippen LogP contribution in [0.25, 0.3) is 0 Å². The molecule has 0 aliphatic carbocycles. The predicted octanol–water partition coefficient (Wildman–Crippen LogP) is 8.31. The number of hydrogen-bond donors (Lipinski definition) is 3. The summed E-state index contributed by atoms with van der Waals surface area (Å²) in [5.41, 5.74) is 0.243. The monoisotopic (exact) mass is 1570 g/mol. The molecule has 21 nitrogen and oxygen atoms in total. The molecular weight excluding hydrogens is 1500 g/mol. The number of pyridine rings is 3. The van der Waals surface area contributed by atoms with E-state index in [1.54, 1.807) is 36.4 Å². The molecule has 0 aromatic carbocycles. The Morgan fingerprint density at radius 3 is 0.587 bits per heavy atom. The van der Waals surface area contributed by atoms with Crippen molar-refractivity contribution in [3.63, 3.8) is 0 Å². The third kappa shape index (κ3) is 32.0. The van der Waals surface area contributed by atoms with Crippen LogP contribution in [0.2, 0.25) is 0 Å². The molecule has 423 valence electrons. The van der Waals surface area contributed by atoms with E-state index in [0.29, 0.717) is 0 Å². The average Bonchev–Trinajstić information content (AvgIpc) is 4.25. The van der Waals surface area contributed by atoms with Crippen molar-refractivity contribution in [3.05, 3.63) is 205 Å². The first kappa shape index (κ1) is 73.1. The smallest absolute Gasteiger partial charge is 0.354 e. The molecule has 0 saturated heterocycles. The third-order valence-electron chi connectivity index (χ3n) is 7.98. The van der Waals surface area contributed by atoms with Gasteiger partial charge >= 0.3 is 17.9 Å². The quantitative estimate of drug-likeness (QED) is 0.200. The number of aromatic carboxylic acids is 3. The Balaban J connectivity index is -0.000000800. The van der Waals surface area contributed by atoms with Crippen LogP contribution in [0.4, 0.5) is 0 Å². The molecule has 0 amide bonds. The van der Waals surface area contributed by atoms with Crippen molar-refractivity contribution < 1.29 is 90.0 Å². The van der Waals surface area contributed by atoms with Crippen LogP contribution in [-0.2, 0) is 60.3 Å². The van der Waals surface area contributed by atoms with Crippen LogP contribution in [0.5, 0.6) is 0 Å². The van der Waals surface area contributed by atoms with Crippen molar-refractivity contribution in [1.82, 2.24) is 74.4 Å². The van der Waals surface area contributed by atoms with Gasteiger partial charge in [0.1, 0.15) is 17.1 Å². The first-order valence-corrected chi connectivity index (χ1v) is 23.1. The molecule has 75 heavy (non-hydrogen) atoms. The number of carboxylic acid groups (broad SMARTS) is 3. The van der Waals surface area contributed by atoms with Crippen molar-refractivity contribution in [2.45, 2.75) is 60.8 Å². The van der Waals surface area contributed by atoms with E-state index in [9.17, 15) is 14.4 Å². The van der Waals surface area contributed by atoms with Gasteiger partial charge in [-0.3, -0.25) is 0 Å². The normalized spacial score (nSPS) is 14.4. The summed E-state index contributed by atoms with van der Waals surface area (Å²) in [6, 6.07) is 14.3. The Kier molecular flexibility index (Phi) is 42.0. The largest absolute Gasteiger partial charge is 0.509 e. The van der Waals surface area contributed by atoms with Gasteiger partial charge in [0.15, 0.2) is 0 Å². The second-order valence-electron chi connectivity index (χ2n) is 15.4. The van der Waals surface area contributed by atoms with Gasteiger partial charge in [-0.15, -0.1) is 40.0 Å². The van der Waals surface area contributed by atoms with Gasteiger partial charge in [-0.05, 0) is 116 Å². The van der Waals surface area contributed by atoms with Gasteiger partial charge < -0.3 is 74.8 Å². The maximum Gasteiger partial charge on any atom is 0.354 e. The Hall–Kier alpha value is -6.15. The summed E-state index contributed by atoms with van der Waals surface area (Å²) in [6.07, 6.45) is 32.1. The van der Waals surface area contributed by atoms with E-state index in [1.807, 2.05) is 216 Å². The Bertz CT molecular complexity index is 1820. The molecule has 3 radical (unpaired) electrons. The molecule has 0 unspecified atom stereocenters. The minimum absolute atomic E-state index is 0. The van der Waals surface area contributed by atoms with Gasteiger partial charge in [0.2, 0.25) is 0 Å². The van der Waals surface area contributed by atoms with Crippen molar-refractivity contribution >= 4 is 17.9 Å². The molecular formula is C51H75Ir3N15O6-6. The minimum atomic E-state index is -0.990. The van der Waals surface area contributed by atoms with Crippen LogP contribution in [0.1, 0.15) is 92.3 Å². The van der Waals surface area contributed by atoms with Gasteiger partial charge in [0.05, 0.1) is 0 Å². The van der Waals surface area contributed by atoms with Crippen LogP contribution in [0.15, 0.2) is 148 Å². The molecule has 0 atom stereocenters. The predicted molar refractivity (Wildman–Crippen MR) is 280 cm³/mol. The van der Waals surface area contributed by atoms with Crippen molar-refractivity contribution in [1.29, 1.82) is 0 Å². The molecule has 0 saturated carbocycles. The first-order valence-electron chi connectivity index (χ1n) is 23.1. The summed E-state index contributed by atoms with van der Waals surface area (Å²) in [5.74, 6) is -2.97. The fourth-order valence-corrected chi connectivity index (χ4v) is 4.91. The Labute approximate surface area is 487 Å². The van der Waals surface area contributed by atoms with Crippen molar-refractivity contribution in [3.8, 4) is 0 Å². The van der Waals surface area contributed by atoms with Crippen molar-refractivity contribution in [2.75, 3.05) is 42.3 Å². The molecule has 9 rings (SSSR count). The van der Waals surface area contributed by atoms with E-state index in [4.69, 9.17) is 15.3 Å². The average molecular weight is 1570 g/mol. The zero-order chi connectivity index (χ0) is 53.8. The van der Waals surface area contributed by atoms with E-state index in [0.717, 1.165) is 0 Å². The number of hydrazine groups is 3. The number of aromatic nitrogens is 3. The molecule has 9 heterocycles. The minimum Gasteiger partial charge on any atom is -0.509 e. The zero-order valence-electron chi connectivity index (χ0n) is 44.7. The second kappa shape index (κ2) is 43.1. The number of carboxylic acids is 3. The second-order valence-corrected chi connectivity index (χ2v) is 15.4. The van der Waals surface area contributed by atoms with Crippen LogP contribution in [-0.4, -0.2) is 150 Å². The van der Waals surface area contributed by atoms with E-state index in [-0.39, 0.29) is 77.4 Å². The van der Waals surface area contributed by atoms with E-state index in [2.05, 4.69) is 56.5 Å². The first-order chi connectivity index (χ1) is 34.4. The summed E-state index contributed by atoms with van der Waals surface area (Å²) >= 11 is 0. The van der Waals surface area contributed by atoms with Gasteiger partial charge in [0, 0.05) is 116 Å². The van der Waals surface area contributed by atoms with Gasteiger partial charge in [-0.2, -0.15) is 0 Å². The Morgan fingerprint density at radius 2 is 0.507 bits per heavy atom. The molecule has 6 aliphatic rings. The molecule has 0 bridgehead atoms. The van der Waals surface area contributed by atoms with Gasteiger partial charge in [-0.1, -0.05) is 79.0 Å². The third-order valence-corrected chi connectivity index (χ3v) is 7.98. The molecule has 3 aromatic heterocycles. The molecule has 24 heteroatoms. The number of carbonyl (C=O) groups is 3. The maximum absolute atomic E-state index is 10.1. The summed E-state index contributed by atoms with van der Waals surface area (Å²) in [5, 5.41) is 37.0. The molecule has 6 aliphatic heterocycles. The van der Waals surface area contributed by atoms with E-state index < -0.39 is 17.9 Å². The molecule has 0 spiro atoms. The fraction of sp³-hybridized carbons (Fsp3) is 0.294. The summed E-state index contributed by atoms with van der Waals surface area (Å²) in [4.78, 5) is 53.2. The molecule has 0 fully saturated rings. The number of nitrogens with zero attached hydrogens (tertiary/aromatic N) is 15. The van der Waals surface area contributed by atoms with Crippen LogP contribution >= 0.6 is 0 Å². The summed E-state index contributed by atoms with van der Waals surface area (Å²) < 4.78 is 0. The topological polar surface area (TPSA) is 189 Å². The van der Waals surface area contributed by atoms with Gasteiger partial charge in [0.25, 0.3) is 0 Å². The zero-order valence-corrected chi connectivity index (χ0v) is 51.9. The standard InChI is InChI=1S/3C8H12N4.3C6H5NO2.3C3H8.3Ir/c3*1-9-3-5-11(7-9)12-6-4-10(2)8-12;3*8-6(9)5-3-1-2-4-7-5;3*1-3-2;;;/h3*3-8H,1-2H3;3*1-4H,(H,8,9);3*3H2,1-2H3;;;/q3*-2;;;;;;;;;. The SMILES string of the molecule is CCC.CCC.CCC.CN1C=CN(N2C=CN(C)[CH-]2)[CH-]1.CN1C=CN(N2C=CN(C)[CH-]2)[CH-]1.CN1C=CN(N2C=CN(C)[CH-]2)[CH-]1.O=C(O)c1ccccn1.O=C(O)c1ccccn1.O=C(O)c1ccccn1.[Ir].[Ir].[Ir]. The Morgan fingerprint density at radius 1 is 0.347 bits per heavy atom. The molecule has 3 N–H and O–H groups in total. The number of hydrogen-bond acceptors (Lipinski definition) is 18. The summed E-state index contributed by atoms with van der Waals surface area (Å²) in [6.45, 7) is 24.8. The van der Waals surface area contributed by atoms with Crippen molar-refractivity contribution in [2.24, 2.45) is 0 Å². The molecule has 3 aromatic rings. The van der Waals surface area contributed by atoms with Crippen LogP contribution in [0, 0.1) is 40.0 Å². The fourth-order valence-electron chi connectivity index (χ4n) is 4.91. The van der Waals surface area contributed by atoms with E-state index in [1.165, 1.54) is 56.1 Å². The van der Waals surface area contributed by atoms with Crippen LogP contribution in [0.3, 0.4) is 0 Å². The van der Waals surface area contributed by atoms with E-state index >= 15 is 0 Å². The van der Waals surface area contributed by atoms with Gasteiger partial charge in [-0.25, -0.2) is 29.3 Å². The maximum atomic E-state index is 10.1. The number of rotatable bonds is 6.